The third-order valence-corrected chi connectivity index (χ3v) is 5.13. The summed E-state index contributed by atoms with van der Waals surface area (Å²) in [5.74, 6) is 0. The average Bonchev–Trinajstić information content (AvgIpc) is 3.05. The SMILES string of the molecule is CCCCCCc1nc(-c2ccccc2)c(I)c2cc[nH]c12. The molecule has 2 aromatic heterocycles. The van der Waals surface area contributed by atoms with E-state index in [0.29, 0.717) is 0 Å². The zero-order chi connectivity index (χ0) is 15.4. The first-order chi connectivity index (χ1) is 10.8. The Balaban J connectivity index is 2.00. The average molecular weight is 404 g/mol. The first-order valence-corrected chi connectivity index (χ1v) is 9.10. The molecule has 0 saturated heterocycles. The molecule has 3 rings (SSSR count). The quantitative estimate of drug-likeness (QED) is 0.399. The Hall–Kier alpha value is -1.36. The molecule has 114 valence electrons. The van der Waals surface area contributed by atoms with Gasteiger partial charge in [0.25, 0.3) is 0 Å². The van der Waals surface area contributed by atoms with Gasteiger partial charge in [0, 0.05) is 20.7 Å². The molecule has 0 atom stereocenters. The number of hydrogen-bond donors (Lipinski definition) is 1. The fraction of sp³-hybridized carbons (Fsp3) is 0.316. The number of nitrogens with zero attached hydrogens (tertiary/aromatic N) is 1. The van der Waals surface area contributed by atoms with Gasteiger partial charge in [0.15, 0.2) is 0 Å². The minimum Gasteiger partial charge on any atom is -0.360 e. The number of fused-ring (bicyclic) bond motifs is 1. The van der Waals surface area contributed by atoms with Gasteiger partial charge in [-0.05, 0) is 41.5 Å². The Kier molecular flexibility index (Phi) is 5.13. The predicted octanol–water partition coefficient (Wildman–Crippen LogP) is 5.96. The van der Waals surface area contributed by atoms with Crippen molar-refractivity contribution in [1.82, 2.24) is 9.97 Å². The fourth-order valence-electron chi connectivity index (χ4n) is 2.85. The van der Waals surface area contributed by atoms with Crippen molar-refractivity contribution in [3.63, 3.8) is 0 Å². The number of hydrogen-bond acceptors (Lipinski definition) is 1. The number of aryl methyl sites for hydroxylation is 1. The molecule has 0 fully saturated rings. The minimum atomic E-state index is 1.05. The number of aromatic amines is 1. The van der Waals surface area contributed by atoms with Crippen LogP contribution in [0.5, 0.6) is 0 Å². The van der Waals surface area contributed by atoms with Crippen LogP contribution >= 0.6 is 22.6 Å². The highest BCUT2D eigenvalue weighted by atomic mass is 127. The first kappa shape index (κ1) is 15.5. The van der Waals surface area contributed by atoms with E-state index >= 15 is 0 Å². The van der Waals surface area contributed by atoms with Crippen LogP contribution in [0.3, 0.4) is 0 Å². The zero-order valence-electron chi connectivity index (χ0n) is 12.9. The second-order valence-corrected chi connectivity index (χ2v) is 6.74. The van der Waals surface area contributed by atoms with Gasteiger partial charge in [-0.3, -0.25) is 0 Å². The molecular formula is C19H21IN2. The van der Waals surface area contributed by atoms with Gasteiger partial charge in [0.05, 0.1) is 16.9 Å². The van der Waals surface area contributed by atoms with Crippen LogP contribution in [-0.4, -0.2) is 9.97 Å². The maximum atomic E-state index is 5.00. The van der Waals surface area contributed by atoms with Crippen LogP contribution in [0, 0.1) is 3.57 Å². The molecular weight excluding hydrogens is 383 g/mol. The zero-order valence-corrected chi connectivity index (χ0v) is 15.1. The van der Waals surface area contributed by atoms with Crippen molar-refractivity contribution in [2.75, 3.05) is 0 Å². The lowest BCUT2D eigenvalue weighted by Gasteiger charge is -2.10. The Bertz CT molecular complexity index is 747. The van der Waals surface area contributed by atoms with Crippen molar-refractivity contribution < 1.29 is 0 Å². The molecule has 2 heterocycles. The highest BCUT2D eigenvalue weighted by Crippen LogP contribution is 2.31. The van der Waals surface area contributed by atoms with Crippen LogP contribution in [0.15, 0.2) is 42.6 Å². The number of unbranched alkanes of at least 4 members (excludes halogenated alkanes) is 3. The van der Waals surface area contributed by atoms with Crippen LogP contribution in [0.2, 0.25) is 0 Å². The van der Waals surface area contributed by atoms with Gasteiger partial charge in [0.1, 0.15) is 0 Å². The number of nitrogens with one attached hydrogen (secondary N) is 1. The minimum absolute atomic E-state index is 1.05. The van der Waals surface area contributed by atoms with Crippen molar-refractivity contribution >= 4 is 33.5 Å². The lowest BCUT2D eigenvalue weighted by Crippen LogP contribution is -1.98. The van der Waals surface area contributed by atoms with Crippen molar-refractivity contribution in [1.29, 1.82) is 0 Å². The number of H-pyrrole nitrogens is 1. The Morgan fingerprint density at radius 2 is 1.86 bits per heavy atom. The molecule has 2 nitrogen and oxygen atoms in total. The summed E-state index contributed by atoms with van der Waals surface area (Å²) >= 11 is 2.42. The molecule has 0 aliphatic heterocycles. The Labute approximate surface area is 145 Å². The van der Waals surface area contributed by atoms with Crippen LogP contribution in [0.4, 0.5) is 0 Å². The van der Waals surface area contributed by atoms with Crippen LogP contribution in [0.25, 0.3) is 22.2 Å². The summed E-state index contributed by atoms with van der Waals surface area (Å²) in [5, 5.41) is 1.29. The lowest BCUT2D eigenvalue weighted by molar-refractivity contribution is 0.662. The number of rotatable bonds is 6. The molecule has 0 unspecified atom stereocenters. The summed E-state index contributed by atoms with van der Waals surface area (Å²) in [6, 6.07) is 12.7. The first-order valence-electron chi connectivity index (χ1n) is 8.02. The van der Waals surface area contributed by atoms with Crippen molar-refractivity contribution in [3.05, 3.63) is 51.9 Å². The number of pyridine rings is 1. The van der Waals surface area contributed by atoms with E-state index in [2.05, 4.69) is 70.9 Å². The van der Waals surface area contributed by atoms with E-state index in [9.17, 15) is 0 Å². The second kappa shape index (κ2) is 7.27. The summed E-state index contributed by atoms with van der Waals surface area (Å²) in [6.07, 6.45) is 8.15. The van der Waals surface area contributed by atoms with Crippen LogP contribution in [-0.2, 0) is 6.42 Å². The third-order valence-electron chi connectivity index (χ3n) is 4.04. The summed E-state index contributed by atoms with van der Waals surface area (Å²) in [5.41, 5.74) is 4.72. The van der Waals surface area contributed by atoms with E-state index in [0.717, 1.165) is 12.1 Å². The molecule has 0 aliphatic rings. The van der Waals surface area contributed by atoms with Gasteiger partial charge in [-0.2, -0.15) is 0 Å². The van der Waals surface area contributed by atoms with Crippen LogP contribution < -0.4 is 0 Å². The monoisotopic (exact) mass is 404 g/mol. The molecule has 0 bridgehead atoms. The van der Waals surface area contributed by atoms with Gasteiger partial charge in [-0.25, -0.2) is 4.98 Å². The lowest BCUT2D eigenvalue weighted by atomic mass is 10.1. The van der Waals surface area contributed by atoms with Gasteiger partial charge < -0.3 is 4.98 Å². The topological polar surface area (TPSA) is 28.7 Å². The molecule has 0 aliphatic carbocycles. The highest BCUT2D eigenvalue weighted by molar-refractivity contribution is 14.1. The van der Waals surface area contributed by atoms with Crippen molar-refractivity contribution in [3.8, 4) is 11.3 Å². The molecule has 3 heteroatoms. The number of aromatic nitrogens is 2. The highest BCUT2D eigenvalue weighted by Gasteiger charge is 2.14. The van der Waals surface area contributed by atoms with E-state index in [1.165, 1.54) is 51.4 Å². The molecule has 22 heavy (non-hydrogen) atoms. The third kappa shape index (κ3) is 3.19. The maximum Gasteiger partial charge on any atom is 0.0846 e. The van der Waals surface area contributed by atoms with Gasteiger partial charge in [0.2, 0.25) is 0 Å². The van der Waals surface area contributed by atoms with E-state index in [4.69, 9.17) is 4.98 Å². The van der Waals surface area contributed by atoms with Crippen LogP contribution in [0.1, 0.15) is 38.3 Å². The van der Waals surface area contributed by atoms with Gasteiger partial charge in [-0.1, -0.05) is 56.5 Å². The maximum absolute atomic E-state index is 5.00. The van der Waals surface area contributed by atoms with E-state index in [-0.39, 0.29) is 0 Å². The van der Waals surface area contributed by atoms with E-state index in [1.807, 2.05) is 6.20 Å². The number of halogens is 1. The Morgan fingerprint density at radius 3 is 2.64 bits per heavy atom. The second-order valence-electron chi connectivity index (χ2n) is 5.66. The number of benzene rings is 1. The van der Waals surface area contributed by atoms with Gasteiger partial charge in [-0.15, -0.1) is 0 Å². The molecule has 0 amide bonds. The predicted molar refractivity (Wildman–Crippen MR) is 102 cm³/mol. The molecule has 1 N–H and O–H groups in total. The summed E-state index contributed by atoms with van der Waals surface area (Å²) in [7, 11) is 0. The Morgan fingerprint density at radius 1 is 1.05 bits per heavy atom. The standard InChI is InChI=1S/C19H21IN2/c1-2-3-4-8-11-16-19-15(12-13-21-19)17(20)18(22-16)14-9-6-5-7-10-14/h5-7,9-10,12-13,21H,2-4,8,11H2,1H3. The summed E-state index contributed by atoms with van der Waals surface area (Å²) in [6.45, 7) is 2.25. The molecule has 0 spiro atoms. The fourth-order valence-corrected chi connectivity index (χ4v) is 3.73. The van der Waals surface area contributed by atoms with Gasteiger partial charge >= 0.3 is 0 Å². The molecule has 3 aromatic rings. The molecule has 0 radical (unpaired) electrons. The van der Waals surface area contributed by atoms with E-state index in [1.54, 1.807) is 0 Å². The van der Waals surface area contributed by atoms with E-state index < -0.39 is 0 Å². The summed E-state index contributed by atoms with van der Waals surface area (Å²) < 4.78 is 1.23. The van der Waals surface area contributed by atoms with Crippen molar-refractivity contribution in [2.24, 2.45) is 0 Å². The summed E-state index contributed by atoms with van der Waals surface area (Å²) in [4.78, 5) is 8.38. The molecule has 1 aromatic carbocycles. The molecule has 0 saturated carbocycles. The normalized spacial score (nSPS) is 11.2. The smallest absolute Gasteiger partial charge is 0.0846 e. The largest absolute Gasteiger partial charge is 0.360 e. The van der Waals surface area contributed by atoms with Crippen molar-refractivity contribution in [2.45, 2.75) is 39.0 Å².